The Morgan fingerprint density at radius 1 is 1.39 bits per heavy atom. The van der Waals surface area contributed by atoms with Crippen molar-refractivity contribution < 1.29 is 13.2 Å². The summed E-state index contributed by atoms with van der Waals surface area (Å²) in [4.78, 5) is 4.13. The van der Waals surface area contributed by atoms with Gasteiger partial charge in [0.1, 0.15) is 6.07 Å². The van der Waals surface area contributed by atoms with E-state index in [-0.39, 0.29) is 13.0 Å². The van der Waals surface area contributed by atoms with E-state index in [1.54, 1.807) is 19.9 Å². The molecule has 98 valence electrons. The van der Waals surface area contributed by atoms with Crippen molar-refractivity contribution in [2.75, 3.05) is 11.9 Å². The zero-order valence-corrected chi connectivity index (χ0v) is 10.2. The summed E-state index contributed by atoms with van der Waals surface area (Å²) in [5.74, 6) is 0. The Hall–Kier alpha value is -1.77. The van der Waals surface area contributed by atoms with Gasteiger partial charge in [0.15, 0.2) is 0 Å². The molecule has 3 nitrogen and oxygen atoms in total. The van der Waals surface area contributed by atoms with Crippen molar-refractivity contribution in [1.29, 1.82) is 5.26 Å². The molecule has 0 atom stereocenters. The maximum absolute atomic E-state index is 12.0. The van der Waals surface area contributed by atoms with Gasteiger partial charge in [-0.3, -0.25) is 4.98 Å². The first kappa shape index (κ1) is 14.3. The normalized spacial score (nSPS) is 11.1. The minimum atomic E-state index is -4.14. The number of aromatic nitrogens is 1. The van der Waals surface area contributed by atoms with Crippen LogP contribution in [-0.2, 0) is 0 Å². The van der Waals surface area contributed by atoms with Crippen LogP contribution in [0.15, 0.2) is 6.07 Å². The van der Waals surface area contributed by atoms with Crippen LogP contribution in [0.25, 0.3) is 0 Å². The van der Waals surface area contributed by atoms with Crippen molar-refractivity contribution in [3.05, 3.63) is 23.0 Å². The highest BCUT2D eigenvalue weighted by atomic mass is 19.4. The largest absolute Gasteiger partial charge is 0.389 e. The van der Waals surface area contributed by atoms with E-state index < -0.39 is 12.6 Å². The average Bonchev–Trinajstić information content (AvgIpc) is 2.22. The molecule has 0 radical (unpaired) electrons. The standard InChI is InChI=1S/C12H14F3N3/c1-8-6-11(10(7-16)9(2)18-8)17-5-3-4-12(13,14)15/h6H,3-5H2,1-2H3,(H,17,18). The van der Waals surface area contributed by atoms with Crippen LogP contribution in [0.1, 0.15) is 29.8 Å². The molecule has 1 rings (SSSR count). The quantitative estimate of drug-likeness (QED) is 0.842. The number of anilines is 1. The van der Waals surface area contributed by atoms with Crippen molar-refractivity contribution in [3.8, 4) is 6.07 Å². The topological polar surface area (TPSA) is 48.7 Å². The molecule has 1 aromatic heterocycles. The van der Waals surface area contributed by atoms with Gasteiger partial charge in [-0.15, -0.1) is 0 Å². The summed E-state index contributed by atoms with van der Waals surface area (Å²) in [6, 6.07) is 3.67. The van der Waals surface area contributed by atoms with Gasteiger partial charge in [0, 0.05) is 18.7 Å². The van der Waals surface area contributed by atoms with E-state index in [9.17, 15) is 13.2 Å². The maximum Gasteiger partial charge on any atom is 0.389 e. The van der Waals surface area contributed by atoms with Crippen molar-refractivity contribution in [2.45, 2.75) is 32.9 Å². The van der Waals surface area contributed by atoms with Gasteiger partial charge in [0.25, 0.3) is 0 Å². The van der Waals surface area contributed by atoms with E-state index in [1.165, 1.54) is 0 Å². The van der Waals surface area contributed by atoms with Crippen LogP contribution in [-0.4, -0.2) is 17.7 Å². The third-order valence-corrected chi connectivity index (χ3v) is 2.39. The summed E-state index contributed by atoms with van der Waals surface area (Å²) >= 11 is 0. The number of aryl methyl sites for hydroxylation is 2. The van der Waals surface area contributed by atoms with Gasteiger partial charge in [-0.1, -0.05) is 0 Å². The highest BCUT2D eigenvalue weighted by molar-refractivity contribution is 5.59. The predicted octanol–water partition coefficient (Wildman–Crippen LogP) is 3.32. The number of pyridine rings is 1. The highest BCUT2D eigenvalue weighted by Gasteiger charge is 2.25. The first-order chi connectivity index (χ1) is 8.33. The van der Waals surface area contributed by atoms with Crippen LogP contribution in [0.2, 0.25) is 0 Å². The number of rotatable bonds is 4. The number of hydrogen-bond acceptors (Lipinski definition) is 3. The smallest absolute Gasteiger partial charge is 0.384 e. The lowest BCUT2D eigenvalue weighted by Gasteiger charge is -2.11. The zero-order chi connectivity index (χ0) is 13.8. The van der Waals surface area contributed by atoms with Crippen molar-refractivity contribution in [2.24, 2.45) is 0 Å². The average molecular weight is 257 g/mol. The van der Waals surface area contributed by atoms with Gasteiger partial charge in [0.2, 0.25) is 0 Å². The van der Waals surface area contributed by atoms with Crippen molar-refractivity contribution in [3.63, 3.8) is 0 Å². The number of nitriles is 1. The second-order valence-electron chi connectivity index (χ2n) is 4.03. The van der Waals surface area contributed by atoms with E-state index in [4.69, 9.17) is 5.26 Å². The fourth-order valence-corrected chi connectivity index (χ4v) is 1.62. The molecular weight excluding hydrogens is 243 g/mol. The Balaban J connectivity index is 2.65. The molecular formula is C12H14F3N3. The maximum atomic E-state index is 12.0. The molecule has 18 heavy (non-hydrogen) atoms. The summed E-state index contributed by atoms with van der Waals surface area (Å²) in [5.41, 5.74) is 2.23. The molecule has 0 bridgehead atoms. The molecule has 6 heteroatoms. The third kappa shape index (κ3) is 4.24. The van der Waals surface area contributed by atoms with E-state index >= 15 is 0 Å². The lowest BCUT2D eigenvalue weighted by Crippen LogP contribution is -2.12. The monoisotopic (exact) mass is 257 g/mol. The molecule has 0 aliphatic rings. The summed E-state index contributed by atoms with van der Waals surface area (Å²) in [6.07, 6.45) is -4.98. The van der Waals surface area contributed by atoms with E-state index in [0.29, 0.717) is 16.9 Å². The molecule has 1 heterocycles. The second kappa shape index (κ2) is 5.71. The molecule has 0 saturated heterocycles. The molecule has 0 aromatic carbocycles. The van der Waals surface area contributed by atoms with Gasteiger partial charge >= 0.3 is 6.18 Å². The van der Waals surface area contributed by atoms with Crippen molar-refractivity contribution in [1.82, 2.24) is 4.98 Å². The minimum Gasteiger partial charge on any atom is -0.384 e. The van der Waals surface area contributed by atoms with Crippen LogP contribution in [0.4, 0.5) is 18.9 Å². The lowest BCUT2D eigenvalue weighted by molar-refractivity contribution is -0.134. The number of nitrogens with zero attached hydrogens (tertiary/aromatic N) is 2. The summed E-state index contributed by atoms with van der Waals surface area (Å²) in [7, 11) is 0. The molecule has 0 fully saturated rings. The van der Waals surface area contributed by atoms with Gasteiger partial charge in [0.05, 0.1) is 16.9 Å². The van der Waals surface area contributed by atoms with Crippen molar-refractivity contribution >= 4 is 5.69 Å². The van der Waals surface area contributed by atoms with Gasteiger partial charge in [-0.25, -0.2) is 0 Å². The molecule has 0 unspecified atom stereocenters. The van der Waals surface area contributed by atoms with E-state index in [0.717, 1.165) is 5.69 Å². The molecule has 0 saturated carbocycles. The Bertz CT molecular complexity index is 461. The van der Waals surface area contributed by atoms with Gasteiger partial charge < -0.3 is 5.32 Å². The number of hydrogen-bond donors (Lipinski definition) is 1. The van der Waals surface area contributed by atoms with Crippen LogP contribution in [0, 0.1) is 25.2 Å². The lowest BCUT2D eigenvalue weighted by atomic mass is 10.1. The number of halogens is 3. The summed E-state index contributed by atoms with van der Waals surface area (Å²) < 4.78 is 35.9. The van der Waals surface area contributed by atoms with Crippen LogP contribution in [0.5, 0.6) is 0 Å². The Morgan fingerprint density at radius 2 is 2.06 bits per heavy atom. The first-order valence-corrected chi connectivity index (χ1v) is 5.52. The SMILES string of the molecule is Cc1cc(NCCCC(F)(F)F)c(C#N)c(C)n1. The second-order valence-corrected chi connectivity index (χ2v) is 4.03. The number of alkyl halides is 3. The fraction of sp³-hybridized carbons (Fsp3) is 0.500. The Labute approximate surface area is 104 Å². The van der Waals surface area contributed by atoms with Gasteiger partial charge in [-0.05, 0) is 26.3 Å². The predicted molar refractivity (Wildman–Crippen MR) is 62.2 cm³/mol. The van der Waals surface area contributed by atoms with E-state index in [1.807, 2.05) is 6.07 Å². The molecule has 1 N–H and O–H groups in total. The summed E-state index contributed by atoms with van der Waals surface area (Å²) in [6.45, 7) is 3.65. The minimum absolute atomic E-state index is 0.0191. The highest BCUT2D eigenvalue weighted by Crippen LogP contribution is 2.22. The first-order valence-electron chi connectivity index (χ1n) is 5.52. The van der Waals surface area contributed by atoms with Gasteiger partial charge in [-0.2, -0.15) is 18.4 Å². The molecule has 1 aromatic rings. The molecule has 0 aliphatic heterocycles. The third-order valence-electron chi connectivity index (χ3n) is 2.39. The Morgan fingerprint density at radius 3 is 2.61 bits per heavy atom. The van der Waals surface area contributed by atoms with Crippen LogP contribution in [0.3, 0.4) is 0 Å². The summed E-state index contributed by atoms with van der Waals surface area (Å²) in [5, 5.41) is 11.8. The van der Waals surface area contributed by atoms with E-state index in [2.05, 4.69) is 10.3 Å². The molecule has 0 aliphatic carbocycles. The Kier molecular flexibility index (Phi) is 4.54. The molecule has 0 amide bonds. The fourth-order valence-electron chi connectivity index (χ4n) is 1.62. The van der Waals surface area contributed by atoms with Crippen LogP contribution >= 0.6 is 0 Å². The van der Waals surface area contributed by atoms with Crippen LogP contribution < -0.4 is 5.32 Å². The zero-order valence-electron chi connectivity index (χ0n) is 10.2. The number of nitrogens with one attached hydrogen (secondary N) is 1. The molecule has 0 spiro atoms.